The third kappa shape index (κ3) is 13.5. The van der Waals surface area contributed by atoms with Crippen LogP contribution in [0.2, 0.25) is 0 Å². The summed E-state index contributed by atoms with van der Waals surface area (Å²) in [6.07, 6.45) is 9.70. The molecule has 7 heteroatoms. The Morgan fingerprint density at radius 1 is 0.838 bits per heavy atom. The van der Waals surface area contributed by atoms with Gasteiger partial charge in [-0.15, -0.1) is 0 Å². The summed E-state index contributed by atoms with van der Waals surface area (Å²) in [7, 11) is 0. The molecule has 1 aromatic rings. The Kier molecular flexibility index (Phi) is 15.6. The first-order valence-corrected chi connectivity index (χ1v) is 14.3. The van der Waals surface area contributed by atoms with Gasteiger partial charge in [-0.1, -0.05) is 90.0 Å². The Labute approximate surface area is 225 Å². The molecule has 1 atom stereocenters. The van der Waals surface area contributed by atoms with Crippen molar-refractivity contribution in [3.05, 3.63) is 35.4 Å². The molecule has 0 aliphatic carbocycles. The number of benzene rings is 1. The summed E-state index contributed by atoms with van der Waals surface area (Å²) in [5.74, 6) is -0.482. The van der Waals surface area contributed by atoms with Gasteiger partial charge >= 0.3 is 6.09 Å². The van der Waals surface area contributed by atoms with Crippen molar-refractivity contribution >= 4 is 17.9 Å². The lowest BCUT2D eigenvalue weighted by Crippen LogP contribution is -2.48. The second-order valence-corrected chi connectivity index (χ2v) is 10.7. The highest BCUT2D eigenvalue weighted by atomic mass is 16.6. The second kappa shape index (κ2) is 17.8. The molecule has 210 valence electrons. The zero-order chi connectivity index (χ0) is 27.7. The van der Waals surface area contributed by atoms with E-state index in [1.54, 1.807) is 25.7 Å². The Balaban J connectivity index is 3.12. The van der Waals surface area contributed by atoms with Gasteiger partial charge < -0.3 is 20.3 Å². The van der Waals surface area contributed by atoms with Crippen LogP contribution in [-0.4, -0.2) is 48.0 Å². The van der Waals surface area contributed by atoms with Crippen molar-refractivity contribution in [1.29, 1.82) is 0 Å². The number of aryl methyl sites for hydroxylation is 1. The van der Waals surface area contributed by atoms with Crippen LogP contribution in [0.15, 0.2) is 24.3 Å². The van der Waals surface area contributed by atoms with E-state index in [2.05, 4.69) is 31.4 Å². The van der Waals surface area contributed by atoms with Crippen molar-refractivity contribution in [1.82, 2.24) is 15.5 Å². The summed E-state index contributed by atoms with van der Waals surface area (Å²) in [5, 5.41) is 5.63. The van der Waals surface area contributed by atoms with E-state index in [9.17, 15) is 14.4 Å². The number of ether oxygens (including phenoxy) is 1. The van der Waals surface area contributed by atoms with Crippen molar-refractivity contribution in [2.24, 2.45) is 0 Å². The Morgan fingerprint density at radius 2 is 1.43 bits per heavy atom. The Hall–Kier alpha value is -2.57. The molecule has 0 radical (unpaired) electrons. The molecule has 0 saturated carbocycles. The van der Waals surface area contributed by atoms with Crippen molar-refractivity contribution < 1.29 is 19.1 Å². The second-order valence-electron chi connectivity index (χ2n) is 10.7. The molecule has 0 bridgehead atoms. The van der Waals surface area contributed by atoms with Gasteiger partial charge in [-0.2, -0.15) is 0 Å². The van der Waals surface area contributed by atoms with Crippen LogP contribution in [0.25, 0.3) is 0 Å². The summed E-state index contributed by atoms with van der Waals surface area (Å²) in [6, 6.07) is 7.16. The quantitative estimate of drug-likeness (QED) is 0.237. The lowest BCUT2D eigenvalue weighted by atomic mass is 10.0. The maximum atomic E-state index is 13.5. The number of amides is 3. The highest BCUT2D eigenvalue weighted by Crippen LogP contribution is 2.24. The summed E-state index contributed by atoms with van der Waals surface area (Å²) in [6.45, 7) is 12.5. The van der Waals surface area contributed by atoms with Crippen molar-refractivity contribution in [2.75, 3.05) is 19.6 Å². The first-order chi connectivity index (χ1) is 17.6. The van der Waals surface area contributed by atoms with E-state index in [4.69, 9.17) is 4.74 Å². The molecule has 0 fully saturated rings. The number of nitrogens with one attached hydrogen (secondary N) is 2. The van der Waals surface area contributed by atoms with Crippen molar-refractivity contribution in [3.63, 3.8) is 0 Å². The number of unbranched alkanes of at least 4 members (excludes halogenated alkanes) is 7. The summed E-state index contributed by atoms with van der Waals surface area (Å²) < 4.78 is 5.30. The Morgan fingerprint density at radius 3 is 2.03 bits per heavy atom. The topological polar surface area (TPSA) is 87.7 Å². The van der Waals surface area contributed by atoms with E-state index in [0.29, 0.717) is 13.1 Å². The normalized spacial score (nSPS) is 12.1. The predicted octanol–water partition coefficient (Wildman–Crippen LogP) is 6.31. The molecule has 3 amide bonds. The summed E-state index contributed by atoms with van der Waals surface area (Å²) >= 11 is 0. The molecule has 0 heterocycles. The van der Waals surface area contributed by atoms with Gasteiger partial charge in [0.25, 0.3) is 0 Å². The van der Waals surface area contributed by atoms with Crippen LogP contribution in [0.3, 0.4) is 0 Å². The van der Waals surface area contributed by atoms with Crippen molar-refractivity contribution in [2.45, 2.75) is 117 Å². The van der Waals surface area contributed by atoms with Gasteiger partial charge in [0.1, 0.15) is 18.2 Å². The average molecular weight is 518 g/mol. The van der Waals surface area contributed by atoms with E-state index in [1.807, 2.05) is 24.3 Å². The maximum absolute atomic E-state index is 13.5. The molecule has 1 aromatic carbocycles. The first-order valence-electron chi connectivity index (χ1n) is 14.3. The number of carbonyl (C=O) groups is 3. The molecule has 37 heavy (non-hydrogen) atoms. The van der Waals surface area contributed by atoms with Gasteiger partial charge in [0.15, 0.2) is 0 Å². The van der Waals surface area contributed by atoms with Crippen LogP contribution in [0, 0.1) is 0 Å². The molecule has 7 nitrogen and oxygen atoms in total. The predicted molar refractivity (Wildman–Crippen MR) is 150 cm³/mol. The van der Waals surface area contributed by atoms with E-state index < -0.39 is 17.7 Å². The monoisotopic (exact) mass is 517 g/mol. The zero-order valence-electron chi connectivity index (χ0n) is 24.2. The third-order valence-corrected chi connectivity index (χ3v) is 6.20. The molecule has 1 unspecified atom stereocenters. The van der Waals surface area contributed by atoms with Gasteiger partial charge in [-0.3, -0.25) is 9.59 Å². The molecular formula is C30H51N3O4. The SMILES string of the molecule is CCCCCCCCN(C(=O)CNC(=O)OC(C)(C)C)C(C(=O)NCCCCC)c1ccc(CC)cc1. The molecule has 2 N–H and O–H groups in total. The molecule has 0 saturated heterocycles. The number of hydrogen-bond donors (Lipinski definition) is 2. The number of hydrogen-bond acceptors (Lipinski definition) is 4. The van der Waals surface area contributed by atoms with Crippen LogP contribution in [0.1, 0.15) is 116 Å². The fourth-order valence-corrected chi connectivity index (χ4v) is 4.12. The van der Waals surface area contributed by atoms with Gasteiger partial charge in [0.05, 0.1) is 0 Å². The van der Waals surface area contributed by atoms with Gasteiger partial charge in [0, 0.05) is 13.1 Å². The van der Waals surface area contributed by atoms with Crippen LogP contribution < -0.4 is 10.6 Å². The maximum Gasteiger partial charge on any atom is 0.408 e. The van der Waals surface area contributed by atoms with Gasteiger partial charge in [0.2, 0.25) is 11.8 Å². The van der Waals surface area contributed by atoms with E-state index in [1.165, 1.54) is 24.8 Å². The van der Waals surface area contributed by atoms with Crippen LogP contribution in [-0.2, 0) is 20.7 Å². The van der Waals surface area contributed by atoms with Crippen LogP contribution >= 0.6 is 0 Å². The van der Waals surface area contributed by atoms with Crippen molar-refractivity contribution in [3.8, 4) is 0 Å². The molecular weight excluding hydrogens is 466 g/mol. The number of alkyl carbamates (subject to hydrolysis) is 1. The highest BCUT2D eigenvalue weighted by molar-refractivity contribution is 5.90. The molecule has 0 aliphatic heterocycles. The minimum atomic E-state index is -0.754. The molecule has 0 aromatic heterocycles. The van der Waals surface area contributed by atoms with E-state index >= 15 is 0 Å². The number of rotatable bonds is 17. The largest absolute Gasteiger partial charge is 0.444 e. The lowest BCUT2D eigenvalue weighted by Gasteiger charge is -2.32. The van der Waals surface area contributed by atoms with Gasteiger partial charge in [-0.05, 0) is 51.2 Å². The highest BCUT2D eigenvalue weighted by Gasteiger charge is 2.31. The van der Waals surface area contributed by atoms with E-state index in [-0.39, 0.29) is 18.4 Å². The van der Waals surface area contributed by atoms with Gasteiger partial charge in [-0.25, -0.2) is 4.79 Å². The zero-order valence-corrected chi connectivity index (χ0v) is 24.2. The molecule has 0 aliphatic rings. The fourth-order valence-electron chi connectivity index (χ4n) is 4.12. The Bertz CT molecular complexity index is 802. The number of carbonyl (C=O) groups excluding carboxylic acids is 3. The van der Waals surface area contributed by atoms with Crippen LogP contribution in [0.5, 0.6) is 0 Å². The van der Waals surface area contributed by atoms with Crippen LogP contribution in [0.4, 0.5) is 4.79 Å². The smallest absolute Gasteiger partial charge is 0.408 e. The summed E-state index contributed by atoms with van der Waals surface area (Å²) in [5.41, 5.74) is 1.29. The minimum Gasteiger partial charge on any atom is -0.444 e. The fraction of sp³-hybridized carbons (Fsp3) is 0.700. The number of nitrogens with zero attached hydrogens (tertiary/aromatic N) is 1. The molecule has 1 rings (SSSR count). The standard InChI is InChI=1S/C30H51N3O4/c1-7-10-12-13-14-16-22-33(26(34)23-32-29(36)37-30(4,5)6)27(28(35)31-21-15-11-8-2)25-19-17-24(9-3)18-20-25/h17-20,27H,7-16,21-23H2,1-6H3,(H,31,35)(H,32,36). The molecule has 0 spiro atoms. The minimum absolute atomic E-state index is 0.183. The summed E-state index contributed by atoms with van der Waals surface area (Å²) in [4.78, 5) is 40.8. The first kappa shape index (κ1) is 32.5. The average Bonchev–Trinajstić information content (AvgIpc) is 2.85. The van der Waals surface area contributed by atoms with E-state index in [0.717, 1.165) is 50.5 Å². The lowest BCUT2D eigenvalue weighted by molar-refractivity contribution is -0.140. The third-order valence-electron chi connectivity index (χ3n) is 6.20.